The van der Waals surface area contributed by atoms with Gasteiger partial charge in [0, 0.05) is 18.9 Å². The molecule has 0 aliphatic rings. The third-order valence-corrected chi connectivity index (χ3v) is 5.46. The molecule has 0 unspecified atom stereocenters. The van der Waals surface area contributed by atoms with Gasteiger partial charge in [-0.05, 0) is 43.2 Å². The van der Waals surface area contributed by atoms with Crippen molar-refractivity contribution in [1.82, 2.24) is 19.4 Å². The Morgan fingerprint density at radius 3 is 2.50 bits per heavy atom. The Labute approximate surface area is 185 Å². The number of benzene rings is 2. The number of carbonyl (C=O) groups is 1. The van der Waals surface area contributed by atoms with Crippen molar-refractivity contribution in [2.75, 3.05) is 0 Å². The van der Waals surface area contributed by atoms with Gasteiger partial charge in [0.15, 0.2) is 0 Å². The predicted octanol–water partition coefficient (Wildman–Crippen LogP) is 2.79. The van der Waals surface area contributed by atoms with E-state index in [-0.39, 0.29) is 18.0 Å². The van der Waals surface area contributed by atoms with Gasteiger partial charge in [-0.25, -0.2) is 4.79 Å². The quantitative estimate of drug-likeness (QED) is 0.512. The van der Waals surface area contributed by atoms with Gasteiger partial charge in [-0.2, -0.15) is 0 Å². The van der Waals surface area contributed by atoms with Gasteiger partial charge in [0.1, 0.15) is 6.04 Å². The molecule has 0 aliphatic carbocycles. The first-order chi connectivity index (χ1) is 15.5. The fourth-order valence-electron chi connectivity index (χ4n) is 3.73. The molecule has 0 radical (unpaired) electrons. The summed E-state index contributed by atoms with van der Waals surface area (Å²) < 4.78 is 2.60. The smallest absolute Gasteiger partial charge is 0.332 e. The maximum atomic E-state index is 13.4. The van der Waals surface area contributed by atoms with Gasteiger partial charge in [0.25, 0.3) is 5.56 Å². The first-order valence-corrected chi connectivity index (χ1v) is 10.4. The number of hydrogen-bond acceptors (Lipinski definition) is 4. The summed E-state index contributed by atoms with van der Waals surface area (Å²) in [6, 6.07) is 17.5. The van der Waals surface area contributed by atoms with Crippen LogP contribution in [0.2, 0.25) is 0 Å². The molecular formula is C25H24N4O3. The second kappa shape index (κ2) is 9.01. The summed E-state index contributed by atoms with van der Waals surface area (Å²) in [4.78, 5) is 43.7. The normalized spacial score (nSPS) is 11.9. The molecule has 0 spiro atoms. The Morgan fingerprint density at radius 1 is 1.03 bits per heavy atom. The summed E-state index contributed by atoms with van der Waals surface area (Å²) in [6.07, 6.45) is 3.34. The van der Waals surface area contributed by atoms with E-state index in [9.17, 15) is 14.4 Å². The number of rotatable bonds is 6. The molecule has 0 saturated carbocycles. The van der Waals surface area contributed by atoms with Crippen LogP contribution in [0.1, 0.15) is 29.7 Å². The largest absolute Gasteiger partial charge is 0.350 e. The number of hydrogen-bond donors (Lipinski definition) is 1. The van der Waals surface area contributed by atoms with Crippen LogP contribution >= 0.6 is 0 Å². The molecule has 7 nitrogen and oxygen atoms in total. The zero-order valence-electron chi connectivity index (χ0n) is 18.0. The third-order valence-electron chi connectivity index (χ3n) is 5.46. The number of fused-ring (bicyclic) bond motifs is 1. The van der Waals surface area contributed by atoms with Gasteiger partial charge in [0.05, 0.1) is 17.4 Å². The van der Waals surface area contributed by atoms with E-state index in [0.29, 0.717) is 17.4 Å². The standard InChI is InChI=1S/C25H24N4O3/c1-17-10-11-22-21(13-17)24(31)28(16-19-7-4-3-5-8-19)25(32)29(22)18(2)23(30)27-15-20-9-6-12-26-14-20/h3-14,18H,15-16H2,1-2H3,(H,27,30)/t18-/m0/s1. The first-order valence-electron chi connectivity index (χ1n) is 10.4. The second-order valence-corrected chi connectivity index (χ2v) is 7.81. The second-order valence-electron chi connectivity index (χ2n) is 7.81. The van der Waals surface area contributed by atoms with E-state index in [0.717, 1.165) is 16.7 Å². The highest BCUT2D eigenvalue weighted by Gasteiger charge is 2.22. The van der Waals surface area contributed by atoms with Crippen LogP contribution in [0.5, 0.6) is 0 Å². The van der Waals surface area contributed by atoms with Crippen molar-refractivity contribution >= 4 is 16.8 Å². The van der Waals surface area contributed by atoms with E-state index >= 15 is 0 Å². The lowest BCUT2D eigenvalue weighted by Crippen LogP contribution is -2.44. The Bertz CT molecular complexity index is 1380. The van der Waals surface area contributed by atoms with Crippen LogP contribution in [0, 0.1) is 6.92 Å². The number of aromatic nitrogens is 3. The fraction of sp³-hybridized carbons (Fsp3) is 0.200. The maximum Gasteiger partial charge on any atom is 0.332 e. The van der Waals surface area contributed by atoms with E-state index in [2.05, 4.69) is 10.3 Å². The van der Waals surface area contributed by atoms with Crippen molar-refractivity contribution in [3.63, 3.8) is 0 Å². The van der Waals surface area contributed by atoms with Crippen LogP contribution in [0.25, 0.3) is 10.9 Å². The lowest BCUT2D eigenvalue weighted by Gasteiger charge is -2.20. The average Bonchev–Trinajstić information content (AvgIpc) is 2.82. The molecule has 2 aromatic heterocycles. The monoisotopic (exact) mass is 428 g/mol. The number of amides is 1. The maximum absolute atomic E-state index is 13.4. The Morgan fingerprint density at radius 2 is 1.78 bits per heavy atom. The minimum atomic E-state index is -0.813. The first kappa shape index (κ1) is 21.2. The molecule has 0 saturated heterocycles. The fourth-order valence-corrected chi connectivity index (χ4v) is 3.73. The lowest BCUT2D eigenvalue weighted by atomic mass is 10.1. The minimum absolute atomic E-state index is 0.131. The Hall–Kier alpha value is -4.00. The average molecular weight is 428 g/mol. The summed E-state index contributed by atoms with van der Waals surface area (Å²) in [6.45, 7) is 3.98. The summed E-state index contributed by atoms with van der Waals surface area (Å²) >= 11 is 0. The van der Waals surface area contributed by atoms with Crippen molar-refractivity contribution in [2.45, 2.75) is 33.0 Å². The van der Waals surface area contributed by atoms with Crippen molar-refractivity contribution in [2.24, 2.45) is 0 Å². The van der Waals surface area contributed by atoms with Crippen LogP contribution < -0.4 is 16.6 Å². The molecule has 32 heavy (non-hydrogen) atoms. The van der Waals surface area contributed by atoms with Gasteiger partial charge < -0.3 is 5.32 Å². The predicted molar refractivity (Wildman–Crippen MR) is 124 cm³/mol. The topological polar surface area (TPSA) is 86.0 Å². The van der Waals surface area contributed by atoms with Crippen LogP contribution in [0.3, 0.4) is 0 Å². The number of nitrogens with one attached hydrogen (secondary N) is 1. The summed E-state index contributed by atoms with van der Waals surface area (Å²) in [5.74, 6) is -0.317. The summed E-state index contributed by atoms with van der Waals surface area (Å²) in [7, 11) is 0. The molecular weight excluding hydrogens is 404 g/mol. The van der Waals surface area contributed by atoms with E-state index in [1.807, 2.05) is 49.4 Å². The van der Waals surface area contributed by atoms with Gasteiger partial charge in [-0.15, -0.1) is 0 Å². The number of aryl methyl sites for hydroxylation is 1. The minimum Gasteiger partial charge on any atom is -0.350 e. The molecule has 162 valence electrons. The van der Waals surface area contributed by atoms with Gasteiger partial charge in [-0.1, -0.05) is 48.0 Å². The zero-order chi connectivity index (χ0) is 22.7. The molecule has 0 bridgehead atoms. The molecule has 1 atom stereocenters. The molecule has 2 aromatic carbocycles. The molecule has 0 fully saturated rings. The molecule has 4 aromatic rings. The Kier molecular flexibility index (Phi) is 5.98. The molecule has 1 N–H and O–H groups in total. The number of carbonyl (C=O) groups excluding carboxylic acids is 1. The molecule has 2 heterocycles. The summed E-state index contributed by atoms with van der Waals surface area (Å²) in [5.41, 5.74) is 2.16. The van der Waals surface area contributed by atoms with E-state index in [1.165, 1.54) is 9.13 Å². The Balaban J connectivity index is 1.78. The van der Waals surface area contributed by atoms with Crippen LogP contribution in [-0.4, -0.2) is 20.0 Å². The highest BCUT2D eigenvalue weighted by Crippen LogP contribution is 2.16. The van der Waals surface area contributed by atoms with E-state index in [1.54, 1.807) is 37.5 Å². The zero-order valence-corrected chi connectivity index (χ0v) is 18.0. The lowest BCUT2D eigenvalue weighted by molar-refractivity contribution is -0.124. The van der Waals surface area contributed by atoms with Gasteiger partial charge in [0.2, 0.25) is 5.91 Å². The van der Waals surface area contributed by atoms with Crippen molar-refractivity contribution in [1.29, 1.82) is 0 Å². The SMILES string of the molecule is Cc1ccc2c(c1)c(=O)n(Cc1ccccc1)c(=O)n2[C@@H](C)C(=O)NCc1cccnc1. The van der Waals surface area contributed by atoms with Crippen molar-refractivity contribution < 1.29 is 4.79 Å². The summed E-state index contributed by atoms with van der Waals surface area (Å²) in [5, 5.41) is 3.27. The molecule has 1 amide bonds. The molecule has 0 aliphatic heterocycles. The van der Waals surface area contributed by atoms with Crippen LogP contribution in [-0.2, 0) is 17.9 Å². The van der Waals surface area contributed by atoms with Crippen molar-refractivity contribution in [3.05, 3.63) is 111 Å². The van der Waals surface area contributed by atoms with Crippen molar-refractivity contribution in [3.8, 4) is 0 Å². The molecule has 4 rings (SSSR count). The van der Waals surface area contributed by atoms with E-state index < -0.39 is 11.7 Å². The number of nitrogens with zero attached hydrogens (tertiary/aromatic N) is 3. The van der Waals surface area contributed by atoms with E-state index in [4.69, 9.17) is 0 Å². The van der Waals surface area contributed by atoms with Gasteiger partial charge >= 0.3 is 5.69 Å². The number of pyridine rings is 1. The van der Waals surface area contributed by atoms with Crippen LogP contribution in [0.4, 0.5) is 0 Å². The van der Waals surface area contributed by atoms with Gasteiger partial charge in [-0.3, -0.25) is 23.7 Å². The van der Waals surface area contributed by atoms with Crippen LogP contribution in [0.15, 0.2) is 82.6 Å². The highest BCUT2D eigenvalue weighted by atomic mass is 16.2. The highest BCUT2D eigenvalue weighted by molar-refractivity contribution is 5.84. The molecule has 7 heteroatoms. The third kappa shape index (κ3) is 4.23.